The van der Waals surface area contributed by atoms with Crippen LogP contribution in [0, 0.1) is 5.92 Å². The van der Waals surface area contributed by atoms with Crippen LogP contribution in [0.4, 0.5) is 5.82 Å². The SMILES string of the molecule is O=C(Nc1cn(CC(=O)N2CCOCC2CO)nn1)C1CCC1. The van der Waals surface area contributed by atoms with Crippen molar-refractivity contribution >= 4 is 17.6 Å². The summed E-state index contributed by atoms with van der Waals surface area (Å²) in [5.41, 5.74) is 0. The van der Waals surface area contributed by atoms with Gasteiger partial charge in [0.15, 0.2) is 5.82 Å². The standard InChI is InChI=1S/C14H21N5O4/c20-8-11-9-23-5-4-19(11)13(21)7-18-6-12(16-17-18)15-14(22)10-2-1-3-10/h6,10-11,20H,1-5,7-9H2,(H,15,22). The number of anilines is 1. The molecule has 2 fully saturated rings. The fourth-order valence-electron chi connectivity index (χ4n) is 2.70. The highest BCUT2D eigenvalue weighted by Crippen LogP contribution is 2.27. The largest absolute Gasteiger partial charge is 0.394 e. The Hall–Kier alpha value is -2.00. The zero-order valence-electron chi connectivity index (χ0n) is 12.8. The summed E-state index contributed by atoms with van der Waals surface area (Å²) in [6.45, 7) is 1.13. The first kappa shape index (κ1) is 15.9. The molecule has 9 heteroatoms. The van der Waals surface area contributed by atoms with E-state index in [1.807, 2.05) is 0 Å². The molecule has 1 aromatic rings. The van der Waals surface area contributed by atoms with Crippen LogP contribution in [0.15, 0.2) is 6.20 Å². The number of aromatic nitrogens is 3. The van der Waals surface area contributed by atoms with Gasteiger partial charge in [-0.1, -0.05) is 11.6 Å². The minimum Gasteiger partial charge on any atom is -0.394 e. The normalized spacial score (nSPS) is 21.8. The first-order valence-electron chi connectivity index (χ1n) is 7.86. The molecule has 1 atom stereocenters. The molecule has 0 aromatic carbocycles. The lowest BCUT2D eigenvalue weighted by Gasteiger charge is -2.34. The van der Waals surface area contributed by atoms with E-state index in [1.165, 1.54) is 4.68 Å². The molecule has 0 bridgehead atoms. The van der Waals surface area contributed by atoms with Gasteiger partial charge in [0.2, 0.25) is 11.8 Å². The number of nitrogens with zero attached hydrogens (tertiary/aromatic N) is 4. The quantitative estimate of drug-likeness (QED) is 0.737. The van der Waals surface area contributed by atoms with Crippen molar-refractivity contribution in [1.82, 2.24) is 19.9 Å². The minimum absolute atomic E-state index is 0.0167. The smallest absolute Gasteiger partial charge is 0.244 e. The fourth-order valence-corrected chi connectivity index (χ4v) is 2.70. The molecular weight excluding hydrogens is 302 g/mol. The number of nitrogens with one attached hydrogen (secondary N) is 1. The number of hydrogen-bond acceptors (Lipinski definition) is 6. The molecule has 9 nitrogen and oxygen atoms in total. The van der Waals surface area contributed by atoms with E-state index in [0.29, 0.717) is 25.6 Å². The van der Waals surface area contributed by atoms with Gasteiger partial charge in [0.05, 0.1) is 32.1 Å². The molecule has 1 aliphatic carbocycles. The van der Waals surface area contributed by atoms with Crippen LogP contribution < -0.4 is 5.32 Å². The van der Waals surface area contributed by atoms with Crippen molar-refractivity contribution in [3.05, 3.63) is 6.20 Å². The van der Waals surface area contributed by atoms with Gasteiger partial charge in [0.1, 0.15) is 6.54 Å². The second-order valence-electron chi connectivity index (χ2n) is 5.92. The van der Waals surface area contributed by atoms with E-state index in [0.717, 1.165) is 19.3 Å². The number of morpholine rings is 1. The Morgan fingerprint density at radius 1 is 1.43 bits per heavy atom. The third kappa shape index (κ3) is 3.67. The average molecular weight is 323 g/mol. The van der Waals surface area contributed by atoms with Crippen LogP contribution in [-0.4, -0.2) is 69.2 Å². The lowest BCUT2D eigenvalue weighted by Crippen LogP contribution is -2.51. The molecule has 2 heterocycles. The topological polar surface area (TPSA) is 110 Å². The van der Waals surface area contributed by atoms with Crippen molar-refractivity contribution < 1.29 is 19.4 Å². The number of carbonyl (C=O) groups is 2. The molecule has 1 aliphatic heterocycles. The molecule has 0 radical (unpaired) electrons. The highest BCUT2D eigenvalue weighted by Gasteiger charge is 2.28. The number of hydrogen-bond donors (Lipinski definition) is 2. The Labute approximate surface area is 133 Å². The van der Waals surface area contributed by atoms with E-state index in [4.69, 9.17) is 4.74 Å². The van der Waals surface area contributed by atoms with Gasteiger partial charge >= 0.3 is 0 Å². The predicted molar refractivity (Wildman–Crippen MR) is 79.4 cm³/mol. The molecule has 2 aliphatic rings. The Morgan fingerprint density at radius 2 is 2.26 bits per heavy atom. The van der Waals surface area contributed by atoms with Crippen LogP contribution in [0.1, 0.15) is 19.3 Å². The molecule has 23 heavy (non-hydrogen) atoms. The number of carbonyl (C=O) groups excluding carboxylic acids is 2. The van der Waals surface area contributed by atoms with Crippen LogP contribution in [-0.2, 0) is 20.9 Å². The van der Waals surface area contributed by atoms with Crippen molar-refractivity contribution in [1.29, 1.82) is 0 Å². The van der Waals surface area contributed by atoms with Crippen LogP contribution in [0.3, 0.4) is 0 Å². The Kier molecular flexibility index (Phi) is 4.87. The summed E-state index contributed by atoms with van der Waals surface area (Å²) < 4.78 is 6.65. The van der Waals surface area contributed by atoms with Crippen LogP contribution in [0.2, 0.25) is 0 Å². The van der Waals surface area contributed by atoms with Gasteiger partial charge in [0.25, 0.3) is 0 Å². The molecule has 1 unspecified atom stereocenters. The maximum Gasteiger partial charge on any atom is 0.244 e. The Bertz CT molecular complexity index is 571. The fraction of sp³-hybridized carbons (Fsp3) is 0.714. The first-order valence-corrected chi connectivity index (χ1v) is 7.86. The molecule has 3 rings (SSSR count). The number of rotatable bonds is 5. The number of amides is 2. The highest BCUT2D eigenvalue weighted by atomic mass is 16.5. The van der Waals surface area contributed by atoms with Gasteiger partial charge in [-0.25, -0.2) is 4.68 Å². The minimum atomic E-state index is -0.322. The average Bonchev–Trinajstić information content (AvgIpc) is 2.92. The van der Waals surface area contributed by atoms with Gasteiger partial charge in [-0.2, -0.15) is 0 Å². The third-order valence-corrected chi connectivity index (χ3v) is 4.32. The van der Waals surface area contributed by atoms with Crippen LogP contribution >= 0.6 is 0 Å². The summed E-state index contributed by atoms with van der Waals surface area (Å²) in [6.07, 6.45) is 4.46. The number of aliphatic hydroxyl groups is 1. The second kappa shape index (κ2) is 7.05. The molecular formula is C14H21N5O4. The first-order chi connectivity index (χ1) is 11.2. The Balaban J connectivity index is 1.55. The van der Waals surface area contributed by atoms with Gasteiger partial charge in [-0.05, 0) is 12.8 Å². The van der Waals surface area contributed by atoms with Crippen LogP contribution in [0.25, 0.3) is 0 Å². The van der Waals surface area contributed by atoms with E-state index in [2.05, 4.69) is 15.6 Å². The molecule has 2 N–H and O–H groups in total. The van der Waals surface area contributed by atoms with Crippen molar-refractivity contribution in [2.24, 2.45) is 5.92 Å². The Morgan fingerprint density at radius 3 is 2.96 bits per heavy atom. The van der Waals surface area contributed by atoms with Crippen molar-refractivity contribution in [2.45, 2.75) is 31.8 Å². The molecule has 1 saturated heterocycles. The van der Waals surface area contributed by atoms with E-state index in [9.17, 15) is 14.7 Å². The van der Waals surface area contributed by atoms with E-state index < -0.39 is 0 Å². The predicted octanol–water partition coefficient (Wildman–Crippen LogP) is -0.764. The summed E-state index contributed by atoms with van der Waals surface area (Å²) in [4.78, 5) is 25.8. The molecule has 1 aromatic heterocycles. The van der Waals surface area contributed by atoms with Crippen LogP contribution in [0.5, 0.6) is 0 Å². The van der Waals surface area contributed by atoms with E-state index in [1.54, 1.807) is 11.1 Å². The second-order valence-corrected chi connectivity index (χ2v) is 5.92. The van der Waals surface area contributed by atoms with Crippen molar-refractivity contribution in [3.8, 4) is 0 Å². The molecule has 126 valence electrons. The van der Waals surface area contributed by atoms with Gasteiger partial charge < -0.3 is 20.1 Å². The monoisotopic (exact) mass is 323 g/mol. The lowest BCUT2D eigenvalue weighted by atomic mass is 9.85. The maximum atomic E-state index is 12.3. The summed E-state index contributed by atoms with van der Waals surface area (Å²) in [5.74, 6) is 0.230. The lowest BCUT2D eigenvalue weighted by molar-refractivity contribution is -0.142. The number of aliphatic hydroxyl groups excluding tert-OH is 1. The van der Waals surface area contributed by atoms with E-state index >= 15 is 0 Å². The summed E-state index contributed by atoms with van der Waals surface area (Å²) in [7, 11) is 0. The van der Waals surface area contributed by atoms with E-state index in [-0.39, 0.29) is 36.9 Å². The molecule has 0 spiro atoms. The molecule has 1 saturated carbocycles. The molecule has 2 amide bonds. The van der Waals surface area contributed by atoms with Crippen molar-refractivity contribution in [3.63, 3.8) is 0 Å². The summed E-state index contributed by atoms with van der Waals surface area (Å²) >= 11 is 0. The van der Waals surface area contributed by atoms with Crippen molar-refractivity contribution in [2.75, 3.05) is 31.7 Å². The zero-order valence-corrected chi connectivity index (χ0v) is 12.8. The highest BCUT2D eigenvalue weighted by molar-refractivity contribution is 5.92. The van der Waals surface area contributed by atoms with Gasteiger partial charge in [0, 0.05) is 12.5 Å². The zero-order chi connectivity index (χ0) is 16.2. The number of ether oxygens (including phenoxy) is 1. The maximum absolute atomic E-state index is 12.3. The third-order valence-electron chi connectivity index (χ3n) is 4.32. The summed E-state index contributed by atoms with van der Waals surface area (Å²) in [6, 6.07) is -0.322. The van der Waals surface area contributed by atoms with Gasteiger partial charge in [-0.15, -0.1) is 5.10 Å². The van der Waals surface area contributed by atoms with Gasteiger partial charge in [-0.3, -0.25) is 9.59 Å². The summed E-state index contributed by atoms with van der Waals surface area (Å²) in [5, 5.41) is 19.8.